The topological polar surface area (TPSA) is 56.0 Å². The molecule has 3 aromatic rings. The van der Waals surface area contributed by atoms with Crippen molar-refractivity contribution in [2.24, 2.45) is 0 Å². The number of nitrogens with zero attached hydrogens (tertiary/aromatic N) is 1. The number of thiazole rings is 1. The fourth-order valence-electron chi connectivity index (χ4n) is 2.02. The number of rotatable bonds is 3. The lowest BCUT2D eigenvalue weighted by molar-refractivity contribution is 0.625. The largest absolute Gasteiger partial charge is 0.399 e. The number of halogens is 1. The lowest BCUT2D eigenvalue weighted by atomic mass is 10.1. The van der Waals surface area contributed by atoms with Gasteiger partial charge in [0.1, 0.15) is 5.82 Å². The summed E-state index contributed by atoms with van der Waals surface area (Å²) >= 11 is 1.36. The van der Waals surface area contributed by atoms with Gasteiger partial charge in [0.2, 0.25) is 0 Å². The van der Waals surface area contributed by atoms with Crippen LogP contribution < -0.4 is 5.73 Å². The molecule has 0 aliphatic carbocycles. The molecule has 1 unspecified atom stereocenters. The fraction of sp³-hybridized carbons (Fsp3) is 0.133. The van der Waals surface area contributed by atoms with Crippen molar-refractivity contribution in [3.63, 3.8) is 0 Å². The molecule has 1 aromatic heterocycles. The highest BCUT2D eigenvalue weighted by Gasteiger charge is 2.13. The van der Waals surface area contributed by atoms with E-state index in [-0.39, 0.29) is 11.6 Å². The monoisotopic (exact) mass is 320 g/mol. The number of anilines is 1. The number of aromatic nitrogens is 1. The first-order chi connectivity index (χ1) is 10.0. The summed E-state index contributed by atoms with van der Waals surface area (Å²) in [6, 6.07) is 9.93. The molecule has 0 amide bonds. The van der Waals surface area contributed by atoms with Crippen LogP contribution in [0.15, 0.2) is 40.7 Å². The molecule has 0 radical (unpaired) electrons. The van der Waals surface area contributed by atoms with E-state index in [1.165, 1.54) is 23.5 Å². The molecule has 21 heavy (non-hydrogen) atoms. The molecular formula is C15H13FN2OS2. The summed E-state index contributed by atoms with van der Waals surface area (Å²) in [7, 11) is -1.29. The lowest BCUT2D eigenvalue weighted by Gasteiger charge is -2.04. The molecule has 2 N–H and O–H groups in total. The van der Waals surface area contributed by atoms with Crippen LogP contribution in [0.25, 0.3) is 10.2 Å². The van der Waals surface area contributed by atoms with Crippen LogP contribution in [-0.4, -0.2) is 9.19 Å². The van der Waals surface area contributed by atoms with E-state index in [1.807, 2.05) is 19.1 Å². The van der Waals surface area contributed by atoms with Gasteiger partial charge in [-0.1, -0.05) is 6.07 Å². The van der Waals surface area contributed by atoms with Crippen molar-refractivity contribution >= 4 is 38.0 Å². The molecule has 0 saturated carbocycles. The SMILES string of the molecule is Cc1ccc(F)cc1CS(=O)c1nc2ccc(N)cc2s1. The fourth-order valence-corrected chi connectivity index (χ4v) is 4.50. The van der Waals surface area contributed by atoms with E-state index >= 15 is 0 Å². The summed E-state index contributed by atoms with van der Waals surface area (Å²) in [6.45, 7) is 1.88. The molecule has 0 aliphatic heterocycles. The second-order valence-corrected chi connectivity index (χ2v) is 7.42. The van der Waals surface area contributed by atoms with Crippen molar-refractivity contribution in [1.82, 2.24) is 4.98 Å². The molecule has 0 bridgehead atoms. The second-order valence-electron chi connectivity index (χ2n) is 4.77. The molecule has 0 aliphatic rings. The maximum absolute atomic E-state index is 13.3. The predicted molar refractivity (Wildman–Crippen MR) is 85.3 cm³/mol. The third-order valence-corrected chi connectivity index (χ3v) is 5.86. The van der Waals surface area contributed by atoms with Crippen molar-refractivity contribution in [3.05, 3.63) is 53.3 Å². The van der Waals surface area contributed by atoms with E-state index in [0.29, 0.717) is 10.0 Å². The van der Waals surface area contributed by atoms with Crippen LogP contribution in [0.5, 0.6) is 0 Å². The number of aryl methyl sites for hydroxylation is 1. The zero-order valence-corrected chi connectivity index (χ0v) is 12.9. The molecule has 0 fully saturated rings. The quantitative estimate of drug-likeness (QED) is 0.750. The Morgan fingerprint density at radius 2 is 2.10 bits per heavy atom. The highest BCUT2D eigenvalue weighted by atomic mass is 32.2. The summed E-state index contributed by atoms with van der Waals surface area (Å²) in [5.41, 5.74) is 8.84. The van der Waals surface area contributed by atoms with Gasteiger partial charge in [-0.15, -0.1) is 11.3 Å². The van der Waals surface area contributed by atoms with E-state index in [0.717, 1.165) is 21.3 Å². The minimum Gasteiger partial charge on any atom is -0.399 e. The number of benzene rings is 2. The Labute approximate surface area is 128 Å². The molecule has 0 saturated heterocycles. The highest BCUT2D eigenvalue weighted by molar-refractivity contribution is 7.86. The van der Waals surface area contributed by atoms with Gasteiger partial charge in [-0.25, -0.2) is 9.37 Å². The Bertz CT molecular complexity index is 845. The Kier molecular flexibility index (Phi) is 3.73. The van der Waals surface area contributed by atoms with Crippen LogP contribution >= 0.6 is 11.3 Å². The van der Waals surface area contributed by atoms with Gasteiger partial charge in [-0.3, -0.25) is 4.21 Å². The first kappa shape index (κ1) is 14.2. The van der Waals surface area contributed by atoms with E-state index in [4.69, 9.17) is 5.73 Å². The van der Waals surface area contributed by atoms with Gasteiger partial charge in [-0.2, -0.15) is 0 Å². The number of nitrogen functional groups attached to an aromatic ring is 1. The van der Waals surface area contributed by atoms with Gasteiger partial charge in [0.25, 0.3) is 0 Å². The highest BCUT2D eigenvalue weighted by Crippen LogP contribution is 2.27. The van der Waals surface area contributed by atoms with Crippen LogP contribution in [-0.2, 0) is 16.6 Å². The maximum atomic E-state index is 13.3. The summed E-state index contributed by atoms with van der Waals surface area (Å²) in [5.74, 6) is -0.0523. The number of nitrogens with two attached hydrogens (primary N) is 1. The molecule has 108 valence electrons. The van der Waals surface area contributed by atoms with Crippen LogP contribution in [0.1, 0.15) is 11.1 Å². The smallest absolute Gasteiger partial charge is 0.182 e. The zero-order valence-electron chi connectivity index (χ0n) is 11.3. The van der Waals surface area contributed by atoms with Crippen molar-refractivity contribution in [1.29, 1.82) is 0 Å². The number of hydrogen-bond acceptors (Lipinski definition) is 4. The molecule has 6 heteroatoms. The summed E-state index contributed by atoms with van der Waals surface area (Å²) in [5, 5.41) is 0. The van der Waals surface area contributed by atoms with Gasteiger partial charge in [0.05, 0.1) is 26.8 Å². The average molecular weight is 320 g/mol. The minimum atomic E-state index is -1.29. The zero-order chi connectivity index (χ0) is 15.0. The molecule has 3 nitrogen and oxygen atoms in total. The lowest BCUT2D eigenvalue weighted by Crippen LogP contribution is -1.98. The van der Waals surface area contributed by atoms with Crippen molar-refractivity contribution in [2.75, 3.05) is 5.73 Å². The Hall–Kier alpha value is -1.79. The second kappa shape index (κ2) is 5.54. The van der Waals surface area contributed by atoms with E-state index in [9.17, 15) is 8.60 Å². The standard InChI is InChI=1S/C15H13FN2OS2/c1-9-2-3-11(16)6-10(9)8-21(19)15-18-13-5-4-12(17)7-14(13)20-15/h2-7H,8,17H2,1H3. The summed E-state index contributed by atoms with van der Waals surface area (Å²) in [6.07, 6.45) is 0. The van der Waals surface area contributed by atoms with Crippen LogP contribution in [0.3, 0.4) is 0 Å². The first-order valence-corrected chi connectivity index (χ1v) is 8.46. The Balaban J connectivity index is 1.91. The molecule has 0 spiro atoms. The predicted octanol–water partition coefficient (Wildman–Crippen LogP) is 3.63. The average Bonchev–Trinajstić information content (AvgIpc) is 2.86. The third-order valence-electron chi connectivity index (χ3n) is 3.19. The molecule has 3 rings (SSSR count). The minimum absolute atomic E-state index is 0.263. The van der Waals surface area contributed by atoms with Crippen molar-refractivity contribution in [2.45, 2.75) is 17.0 Å². The van der Waals surface area contributed by atoms with Crippen LogP contribution in [0.2, 0.25) is 0 Å². The van der Waals surface area contributed by atoms with E-state index in [1.54, 1.807) is 12.1 Å². The molecule has 2 aromatic carbocycles. The molecule has 1 heterocycles. The van der Waals surface area contributed by atoms with Gasteiger partial charge < -0.3 is 5.73 Å². The summed E-state index contributed by atoms with van der Waals surface area (Å²) in [4.78, 5) is 4.37. The van der Waals surface area contributed by atoms with E-state index in [2.05, 4.69) is 4.98 Å². The van der Waals surface area contributed by atoms with Gasteiger partial charge in [-0.05, 0) is 48.4 Å². The number of fused-ring (bicyclic) bond motifs is 1. The first-order valence-electron chi connectivity index (χ1n) is 6.32. The maximum Gasteiger partial charge on any atom is 0.182 e. The van der Waals surface area contributed by atoms with Crippen LogP contribution in [0.4, 0.5) is 10.1 Å². The van der Waals surface area contributed by atoms with Gasteiger partial charge in [0.15, 0.2) is 4.34 Å². The Morgan fingerprint density at radius 1 is 1.29 bits per heavy atom. The Morgan fingerprint density at radius 3 is 2.90 bits per heavy atom. The van der Waals surface area contributed by atoms with Gasteiger partial charge in [0, 0.05) is 5.69 Å². The number of hydrogen-bond donors (Lipinski definition) is 1. The van der Waals surface area contributed by atoms with Crippen LogP contribution in [0, 0.1) is 12.7 Å². The normalized spacial score (nSPS) is 12.7. The van der Waals surface area contributed by atoms with Crippen molar-refractivity contribution in [3.8, 4) is 0 Å². The van der Waals surface area contributed by atoms with E-state index < -0.39 is 10.8 Å². The van der Waals surface area contributed by atoms with Crippen molar-refractivity contribution < 1.29 is 8.60 Å². The molecule has 1 atom stereocenters. The van der Waals surface area contributed by atoms with Gasteiger partial charge >= 0.3 is 0 Å². The summed E-state index contributed by atoms with van der Waals surface area (Å²) < 4.78 is 27.2. The molecular weight excluding hydrogens is 307 g/mol. The third kappa shape index (κ3) is 2.96.